The first-order valence-corrected chi connectivity index (χ1v) is 8.70. The van der Waals surface area contributed by atoms with Crippen LogP contribution in [0.4, 0.5) is 8.78 Å². The number of hydrogen-bond donors (Lipinski definition) is 0. The zero-order valence-electron chi connectivity index (χ0n) is 14.6. The fourth-order valence-corrected chi connectivity index (χ4v) is 4.19. The molecule has 4 heteroatoms. The van der Waals surface area contributed by atoms with Crippen LogP contribution in [0.2, 0.25) is 0 Å². The monoisotopic (exact) mass is 547 g/mol. The number of fused-ring (bicyclic) bond motifs is 3. The maximum absolute atomic E-state index is 13.7. The molecule has 0 atom stereocenters. The second-order valence-corrected chi connectivity index (χ2v) is 6.62. The first kappa shape index (κ1) is 18.7. The number of aromatic nitrogens is 1. The van der Waals surface area contributed by atoms with Gasteiger partial charge >= 0.3 is 0 Å². The van der Waals surface area contributed by atoms with Crippen LogP contribution < -0.4 is 0 Å². The third-order valence-corrected chi connectivity index (χ3v) is 5.26. The number of nitrogens with zero attached hydrogens (tertiary/aromatic N) is 1. The van der Waals surface area contributed by atoms with E-state index >= 15 is 0 Å². The number of halogens is 2. The number of pyridine rings is 1. The zero-order chi connectivity index (χ0) is 18.4. The SMILES string of the molecule is Fc1ccc(C2(c3ccc(F)cc3)c3ccc[c-]c3-c3ncccc32)cc1.[Ir]. The summed E-state index contributed by atoms with van der Waals surface area (Å²) >= 11 is 0. The molecule has 1 radical (unpaired) electrons. The molecule has 0 bridgehead atoms. The van der Waals surface area contributed by atoms with E-state index in [1.165, 1.54) is 24.3 Å². The van der Waals surface area contributed by atoms with Gasteiger partial charge in [0.05, 0.1) is 0 Å². The molecule has 1 aliphatic rings. The molecule has 0 saturated heterocycles. The normalized spacial score (nSPS) is 13.4. The van der Waals surface area contributed by atoms with Crippen molar-refractivity contribution in [1.82, 2.24) is 4.98 Å². The molecular weight excluding hydrogens is 532 g/mol. The molecule has 0 spiro atoms. The average molecular weight is 547 g/mol. The van der Waals surface area contributed by atoms with Crippen molar-refractivity contribution in [3.63, 3.8) is 0 Å². The van der Waals surface area contributed by atoms with Gasteiger partial charge in [-0.05, 0) is 47.2 Å². The van der Waals surface area contributed by atoms with Gasteiger partial charge in [-0.2, -0.15) is 0 Å². The van der Waals surface area contributed by atoms with E-state index in [2.05, 4.69) is 11.1 Å². The molecule has 1 nitrogen and oxygen atoms in total. The molecular formula is C24H14F2IrN-. The van der Waals surface area contributed by atoms with Crippen molar-refractivity contribution < 1.29 is 28.9 Å². The van der Waals surface area contributed by atoms with Gasteiger partial charge in [0.1, 0.15) is 11.6 Å². The molecule has 1 aromatic heterocycles. The molecule has 5 rings (SSSR count). The van der Waals surface area contributed by atoms with E-state index in [1.54, 1.807) is 30.5 Å². The van der Waals surface area contributed by atoms with Crippen LogP contribution in [0.5, 0.6) is 0 Å². The third-order valence-electron chi connectivity index (χ3n) is 5.26. The van der Waals surface area contributed by atoms with E-state index in [1.807, 2.05) is 30.3 Å². The van der Waals surface area contributed by atoms with Crippen molar-refractivity contribution in [1.29, 1.82) is 0 Å². The summed E-state index contributed by atoms with van der Waals surface area (Å²) in [6, 6.07) is 26.1. The molecule has 0 saturated carbocycles. The summed E-state index contributed by atoms with van der Waals surface area (Å²) in [6.07, 6.45) is 1.76. The summed E-state index contributed by atoms with van der Waals surface area (Å²) in [6.45, 7) is 0. The topological polar surface area (TPSA) is 12.9 Å². The van der Waals surface area contributed by atoms with E-state index in [9.17, 15) is 8.78 Å². The fraction of sp³-hybridized carbons (Fsp3) is 0.0417. The Morgan fingerprint density at radius 3 is 1.89 bits per heavy atom. The largest absolute Gasteiger partial charge is 0.304 e. The Bertz CT molecular complexity index is 1040. The Morgan fingerprint density at radius 2 is 1.29 bits per heavy atom. The van der Waals surface area contributed by atoms with E-state index < -0.39 is 5.41 Å². The van der Waals surface area contributed by atoms with Crippen LogP contribution in [0.15, 0.2) is 85.1 Å². The minimum atomic E-state index is -0.696. The van der Waals surface area contributed by atoms with Gasteiger partial charge in [0.15, 0.2) is 0 Å². The van der Waals surface area contributed by atoms with Gasteiger partial charge in [0, 0.05) is 31.7 Å². The Kier molecular flexibility index (Phi) is 4.70. The Labute approximate surface area is 175 Å². The average Bonchev–Trinajstić information content (AvgIpc) is 3.01. The summed E-state index contributed by atoms with van der Waals surface area (Å²) in [5.74, 6) is -0.588. The first-order valence-electron chi connectivity index (χ1n) is 8.70. The summed E-state index contributed by atoms with van der Waals surface area (Å²) in [7, 11) is 0. The van der Waals surface area contributed by atoms with E-state index in [0.717, 1.165) is 33.5 Å². The van der Waals surface area contributed by atoms with Crippen molar-refractivity contribution in [3.8, 4) is 11.3 Å². The summed E-state index contributed by atoms with van der Waals surface area (Å²) in [5.41, 5.74) is 4.88. The fourth-order valence-electron chi connectivity index (χ4n) is 4.19. The quantitative estimate of drug-likeness (QED) is 0.266. The van der Waals surface area contributed by atoms with Crippen LogP contribution in [0.25, 0.3) is 11.3 Å². The van der Waals surface area contributed by atoms with Crippen LogP contribution >= 0.6 is 0 Å². The molecule has 0 unspecified atom stereocenters. The van der Waals surface area contributed by atoms with E-state index in [0.29, 0.717) is 0 Å². The zero-order valence-corrected chi connectivity index (χ0v) is 17.0. The Hall–Kier alpha value is -2.68. The van der Waals surface area contributed by atoms with Gasteiger partial charge < -0.3 is 4.98 Å². The molecule has 3 aromatic carbocycles. The third kappa shape index (κ3) is 2.56. The van der Waals surface area contributed by atoms with Crippen LogP contribution in [-0.4, -0.2) is 4.98 Å². The smallest absolute Gasteiger partial charge is 0.123 e. The number of rotatable bonds is 2. The van der Waals surface area contributed by atoms with Crippen LogP contribution in [0, 0.1) is 17.7 Å². The van der Waals surface area contributed by atoms with Crippen molar-refractivity contribution in [3.05, 3.63) is 125 Å². The van der Waals surface area contributed by atoms with Gasteiger partial charge in [-0.15, -0.1) is 35.4 Å². The molecule has 1 heterocycles. The van der Waals surface area contributed by atoms with Crippen molar-refractivity contribution in [2.24, 2.45) is 0 Å². The second kappa shape index (κ2) is 7.05. The summed E-state index contributed by atoms with van der Waals surface area (Å²) < 4.78 is 27.4. The Balaban J connectivity index is 0.00000192. The predicted molar refractivity (Wildman–Crippen MR) is 100 cm³/mol. The molecule has 4 aromatic rings. The van der Waals surface area contributed by atoms with Gasteiger partial charge in [-0.3, -0.25) is 0 Å². The minimum absolute atomic E-state index is 0. The molecule has 1 aliphatic carbocycles. The number of benzene rings is 3. The van der Waals surface area contributed by atoms with Crippen LogP contribution in [0.1, 0.15) is 22.3 Å². The predicted octanol–water partition coefficient (Wildman–Crippen LogP) is 5.52. The molecule has 28 heavy (non-hydrogen) atoms. The van der Waals surface area contributed by atoms with Crippen LogP contribution in [-0.2, 0) is 25.5 Å². The van der Waals surface area contributed by atoms with Gasteiger partial charge in [0.2, 0.25) is 0 Å². The molecule has 0 amide bonds. The van der Waals surface area contributed by atoms with E-state index in [4.69, 9.17) is 0 Å². The van der Waals surface area contributed by atoms with E-state index in [-0.39, 0.29) is 31.7 Å². The summed E-state index contributed by atoms with van der Waals surface area (Å²) in [5, 5.41) is 0. The molecule has 0 aliphatic heterocycles. The minimum Gasteiger partial charge on any atom is -0.304 e. The maximum atomic E-state index is 13.7. The second-order valence-electron chi connectivity index (χ2n) is 6.62. The molecule has 139 valence electrons. The standard InChI is InChI=1S/C24H14F2N.Ir/c25-18-11-7-16(8-12-18)24(17-9-13-19(26)14-10-17)21-5-2-1-4-20(21)23-22(24)6-3-15-27-23;/h1-3,5-15H;/q-1;. The van der Waals surface area contributed by atoms with Gasteiger partial charge in [-0.1, -0.05) is 35.9 Å². The first-order chi connectivity index (χ1) is 13.2. The van der Waals surface area contributed by atoms with Gasteiger partial charge in [-0.25, -0.2) is 8.78 Å². The number of hydrogen-bond acceptors (Lipinski definition) is 1. The van der Waals surface area contributed by atoms with Gasteiger partial charge in [0.25, 0.3) is 0 Å². The maximum Gasteiger partial charge on any atom is 0.123 e. The van der Waals surface area contributed by atoms with Crippen LogP contribution in [0.3, 0.4) is 0 Å². The van der Waals surface area contributed by atoms with Crippen molar-refractivity contribution in [2.75, 3.05) is 0 Å². The van der Waals surface area contributed by atoms with Crippen molar-refractivity contribution in [2.45, 2.75) is 5.41 Å². The summed E-state index contributed by atoms with van der Waals surface area (Å²) in [4.78, 5) is 4.60. The Morgan fingerprint density at radius 1 is 0.714 bits per heavy atom. The van der Waals surface area contributed by atoms with Crippen molar-refractivity contribution >= 4 is 0 Å². The molecule has 0 fully saturated rings. The molecule has 0 N–H and O–H groups in total.